The predicted molar refractivity (Wildman–Crippen MR) is 169 cm³/mol. The number of hydrogen-bond donors (Lipinski definition) is 1. The van der Waals surface area contributed by atoms with Crippen LogP contribution in [0.1, 0.15) is 34.9 Å². The lowest BCUT2D eigenvalue weighted by Gasteiger charge is -2.19. The largest absolute Gasteiger partial charge is 0.369 e. The number of aromatic nitrogens is 5. The lowest BCUT2D eigenvalue weighted by atomic mass is 10.1. The van der Waals surface area contributed by atoms with Crippen molar-refractivity contribution in [3.8, 4) is 11.3 Å². The van der Waals surface area contributed by atoms with Crippen molar-refractivity contribution < 1.29 is 21.9 Å². The number of halogens is 2. The molecule has 234 valence electrons. The molecule has 0 aliphatic heterocycles. The van der Waals surface area contributed by atoms with Crippen molar-refractivity contribution in [3.05, 3.63) is 142 Å². The van der Waals surface area contributed by atoms with E-state index in [1.807, 2.05) is 36.4 Å². The van der Waals surface area contributed by atoms with Crippen molar-refractivity contribution in [1.29, 1.82) is 0 Å². The van der Waals surface area contributed by atoms with Crippen LogP contribution in [0.3, 0.4) is 0 Å². The summed E-state index contributed by atoms with van der Waals surface area (Å²) in [7, 11) is -4.05. The van der Waals surface area contributed by atoms with Gasteiger partial charge in [0.1, 0.15) is 5.82 Å². The second-order valence-electron chi connectivity index (χ2n) is 10.9. The van der Waals surface area contributed by atoms with Crippen molar-refractivity contribution in [2.24, 2.45) is 0 Å². The second-order valence-corrected chi connectivity index (χ2v) is 12.9. The van der Waals surface area contributed by atoms with Crippen LogP contribution in [0.5, 0.6) is 0 Å². The van der Waals surface area contributed by atoms with Crippen molar-refractivity contribution >= 4 is 20.9 Å². The smallest absolute Gasteiger partial charge is 0.286 e. The Balaban J connectivity index is 1.25. The Morgan fingerprint density at radius 1 is 0.935 bits per heavy atom. The van der Waals surface area contributed by atoms with Gasteiger partial charge in [-0.25, -0.2) is 32.2 Å². The Morgan fingerprint density at radius 2 is 1.72 bits per heavy atom. The molecule has 3 heterocycles. The second kappa shape index (κ2) is 13.1. The van der Waals surface area contributed by atoms with Gasteiger partial charge in [0.15, 0.2) is 5.82 Å². The van der Waals surface area contributed by atoms with Gasteiger partial charge in [-0.05, 0) is 54.8 Å². The van der Waals surface area contributed by atoms with E-state index in [1.165, 1.54) is 22.9 Å². The van der Waals surface area contributed by atoms with Crippen LogP contribution < -0.4 is 5.56 Å². The monoisotopic (exact) mass is 641 g/mol. The number of aryl methyl sites for hydroxylation is 1. The summed E-state index contributed by atoms with van der Waals surface area (Å²) in [5.74, 6) is -1.78. The molecule has 9 nitrogen and oxygen atoms in total. The van der Waals surface area contributed by atoms with Gasteiger partial charge in [0.2, 0.25) is 15.0 Å². The molecule has 0 spiro atoms. The minimum Gasteiger partial charge on any atom is -0.369 e. The molecule has 0 radical (unpaired) electrons. The van der Waals surface area contributed by atoms with Gasteiger partial charge in [0.05, 0.1) is 48.1 Å². The van der Waals surface area contributed by atoms with Gasteiger partial charge >= 0.3 is 0 Å². The van der Waals surface area contributed by atoms with Crippen LogP contribution in [0.4, 0.5) is 8.78 Å². The van der Waals surface area contributed by atoms with E-state index in [2.05, 4.69) is 19.9 Å². The molecule has 0 aliphatic rings. The molecule has 3 aromatic carbocycles. The third kappa shape index (κ3) is 6.93. The Labute approximate surface area is 263 Å². The molecule has 1 unspecified atom stereocenters. The Hall–Kier alpha value is -5.07. The average Bonchev–Trinajstić information content (AvgIpc) is 3.52. The highest BCUT2D eigenvalue weighted by Gasteiger charge is 2.24. The molecule has 0 amide bonds. The molecule has 0 fully saturated rings. The molecule has 12 heteroatoms. The minimum absolute atomic E-state index is 0.0472. The Morgan fingerprint density at radius 3 is 2.52 bits per heavy atom. The highest BCUT2D eigenvalue weighted by Crippen LogP contribution is 2.26. The topological polar surface area (TPSA) is 120 Å². The summed E-state index contributed by atoms with van der Waals surface area (Å²) in [4.78, 5) is 28.4. The van der Waals surface area contributed by atoms with E-state index >= 15 is 0 Å². The summed E-state index contributed by atoms with van der Waals surface area (Å²) in [5, 5.41) is -0.425. The molecule has 0 saturated heterocycles. The van der Waals surface area contributed by atoms with E-state index in [4.69, 9.17) is 4.74 Å². The summed E-state index contributed by atoms with van der Waals surface area (Å²) >= 11 is 0. The minimum atomic E-state index is -4.05. The molecular formula is C34H29F2N5O4S. The number of nitrogens with one attached hydrogen (secondary N) is 1. The van der Waals surface area contributed by atoms with Gasteiger partial charge in [-0.1, -0.05) is 54.6 Å². The Bertz CT molecular complexity index is 2190. The number of H-pyrrole nitrogens is 1. The van der Waals surface area contributed by atoms with Gasteiger partial charge in [-0.2, -0.15) is 0 Å². The number of benzene rings is 3. The van der Waals surface area contributed by atoms with Crippen molar-refractivity contribution in [2.75, 3.05) is 5.75 Å². The summed E-state index contributed by atoms with van der Waals surface area (Å²) in [6.07, 6.45) is 2.40. The maximum absolute atomic E-state index is 14.9. The lowest BCUT2D eigenvalue weighted by molar-refractivity contribution is 0.0361. The SMILES string of the molecule is Cc1cc(-c2cc(F)c(=O)n(Cc3ccc4nc[nH]c4c3)c2)nc(S(=O)(=O)CCC(OCc2ccccc2F)c2ccccc2)n1. The van der Waals surface area contributed by atoms with Crippen LogP contribution in [-0.2, 0) is 27.7 Å². The van der Waals surface area contributed by atoms with Gasteiger partial charge in [0.25, 0.3) is 5.56 Å². The molecule has 1 atom stereocenters. The third-order valence-electron chi connectivity index (χ3n) is 7.51. The average molecular weight is 642 g/mol. The maximum atomic E-state index is 14.9. The summed E-state index contributed by atoms with van der Waals surface area (Å²) in [6.45, 7) is 1.64. The van der Waals surface area contributed by atoms with Crippen LogP contribution in [0.15, 0.2) is 107 Å². The van der Waals surface area contributed by atoms with E-state index in [0.717, 1.165) is 28.2 Å². The molecule has 0 saturated carbocycles. The van der Waals surface area contributed by atoms with Crippen LogP contribution in [0.2, 0.25) is 0 Å². The Kier molecular flexibility index (Phi) is 8.82. The fourth-order valence-corrected chi connectivity index (χ4v) is 6.36. The standard InChI is InChI=1S/C34H29F2N5O4S/c1-22-15-30(26-17-28(36)33(42)41(19-26)18-23-11-12-29-31(16-23)38-21-37-29)40-34(39-22)46(43,44)14-13-32(24-7-3-2-4-8-24)45-20-25-9-5-6-10-27(25)35/h2-12,15-17,19,21,32H,13-14,18,20H2,1H3,(H,37,38). The number of rotatable bonds is 11. The molecule has 46 heavy (non-hydrogen) atoms. The summed E-state index contributed by atoms with van der Waals surface area (Å²) < 4.78 is 63.5. The normalized spacial score (nSPS) is 12.4. The number of imidazole rings is 1. The number of aromatic amines is 1. The van der Waals surface area contributed by atoms with Crippen LogP contribution in [0.25, 0.3) is 22.3 Å². The number of ether oxygens (including phenoxy) is 1. The molecule has 1 N–H and O–H groups in total. The van der Waals surface area contributed by atoms with Crippen molar-refractivity contribution in [2.45, 2.75) is 37.8 Å². The summed E-state index contributed by atoms with van der Waals surface area (Å²) in [6, 6.07) is 23.3. The molecule has 6 rings (SSSR count). The van der Waals surface area contributed by atoms with E-state index in [0.29, 0.717) is 11.3 Å². The van der Waals surface area contributed by atoms with Gasteiger partial charge < -0.3 is 14.3 Å². The number of sulfone groups is 1. The van der Waals surface area contributed by atoms with E-state index in [1.54, 1.807) is 43.6 Å². The third-order valence-corrected chi connectivity index (χ3v) is 9.02. The molecule has 0 aliphatic carbocycles. The quantitative estimate of drug-likeness (QED) is 0.174. The van der Waals surface area contributed by atoms with Gasteiger partial charge in [0, 0.05) is 23.0 Å². The highest BCUT2D eigenvalue weighted by atomic mass is 32.2. The fourth-order valence-electron chi connectivity index (χ4n) is 5.14. The first kappa shape index (κ1) is 30.9. The van der Waals surface area contributed by atoms with E-state index in [9.17, 15) is 22.0 Å². The zero-order valence-corrected chi connectivity index (χ0v) is 25.5. The first-order chi connectivity index (χ1) is 22.2. The first-order valence-corrected chi connectivity index (χ1v) is 16.1. The number of pyridine rings is 1. The van der Waals surface area contributed by atoms with Crippen LogP contribution in [-0.4, -0.2) is 38.7 Å². The van der Waals surface area contributed by atoms with Crippen LogP contribution >= 0.6 is 0 Å². The highest BCUT2D eigenvalue weighted by molar-refractivity contribution is 7.91. The van der Waals surface area contributed by atoms with E-state index < -0.39 is 38.3 Å². The van der Waals surface area contributed by atoms with Gasteiger partial charge in [-0.15, -0.1) is 0 Å². The number of nitrogens with zero attached hydrogens (tertiary/aromatic N) is 4. The lowest BCUT2D eigenvalue weighted by Crippen LogP contribution is -2.23. The zero-order valence-electron chi connectivity index (χ0n) is 24.7. The predicted octanol–water partition coefficient (Wildman–Crippen LogP) is 5.94. The van der Waals surface area contributed by atoms with Crippen LogP contribution in [0, 0.1) is 18.6 Å². The maximum Gasteiger partial charge on any atom is 0.286 e. The summed E-state index contributed by atoms with van der Waals surface area (Å²) in [5.41, 5.74) is 3.26. The fraction of sp³-hybridized carbons (Fsp3) is 0.176. The number of fused-ring (bicyclic) bond motifs is 1. The van der Waals surface area contributed by atoms with Crippen molar-refractivity contribution in [3.63, 3.8) is 0 Å². The first-order valence-electron chi connectivity index (χ1n) is 14.5. The molecule has 0 bridgehead atoms. The van der Waals surface area contributed by atoms with Crippen molar-refractivity contribution in [1.82, 2.24) is 24.5 Å². The molecule has 3 aromatic heterocycles. The zero-order chi connectivity index (χ0) is 32.3. The van der Waals surface area contributed by atoms with E-state index in [-0.39, 0.29) is 36.6 Å². The number of hydrogen-bond acceptors (Lipinski definition) is 7. The molecule has 6 aromatic rings. The van der Waals surface area contributed by atoms with Gasteiger partial charge in [-0.3, -0.25) is 4.79 Å². The molecular weight excluding hydrogens is 612 g/mol.